The third-order valence-corrected chi connectivity index (χ3v) is 4.16. The molecule has 4 heteroatoms. The molecule has 2 aliphatic rings. The van der Waals surface area contributed by atoms with Gasteiger partial charge in [0, 0.05) is 32.1 Å². The summed E-state index contributed by atoms with van der Waals surface area (Å²) in [6.07, 6.45) is 9.32. The highest BCUT2D eigenvalue weighted by Crippen LogP contribution is 2.22. The predicted molar refractivity (Wildman–Crippen MR) is 79.2 cm³/mol. The number of nitrogens with zero attached hydrogens (tertiary/aromatic N) is 1. The van der Waals surface area contributed by atoms with Crippen molar-refractivity contribution in [3.05, 3.63) is 11.6 Å². The minimum absolute atomic E-state index is 0.0292. The SMILES string of the molecule is CC(CNC(=O)C=C1CCCCC1)CN1CCCC1=O. The molecule has 1 aliphatic carbocycles. The van der Waals surface area contributed by atoms with Crippen molar-refractivity contribution >= 4 is 11.8 Å². The van der Waals surface area contributed by atoms with E-state index >= 15 is 0 Å². The topological polar surface area (TPSA) is 49.4 Å². The van der Waals surface area contributed by atoms with Gasteiger partial charge >= 0.3 is 0 Å². The number of nitrogens with one attached hydrogen (secondary N) is 1. The summed E-state index contributed by atoms with van der Waals surface area (Å²) in [6.45, 7) is 4.36. The molecule has 2 rings (SSSR count). The van der Waals surface area contributed by atoms with E-state index in [2.05, 4.69) is 12.2 Å². The van der Waals surface area contributed by atoms with Crippen LogP contribution in [-0.4, -0.2) is 36.3 Å². The summed E-state index contributed by atoms with van der Waals surface area (Å²) in [5.41, 5.74) is 1.29. The maximum absolute atomic E-state index is 11.8. The quantitative estimate of drug-likeness (QED) is 0.784. The van der Waals surface area contributed by atoms with Crippen LogP contribution in [0.25, 0.3) is 0 Å². The lowest BCUT2D eigenvalue weighted by molar-refractivity contribution is -0.128. The monoisotopic (exact) mass is 278 g/mol. The highest BCUT2D eigenvalue weighted by molar-refractivity contribution is 5.88. The maximum Gasteiger partial charge on any atom is 0.243 e. The number of carbonyl (C=O) groups excluding carboxylic acids is 2. The second kappa shape index (κ2) is 7.46. The fourth-order valence-electron chi connectivity index (χ4n) is 3.00. The summed E-state index contributed by atoms with van der Waals surface area (Å²) in [5.74, 6) is 0.597. The molecule has 1 aliphatic heterocycles. The highest BCUT2D eigenvalue weighted by Gasteiger charge is 2.21. The zero-order valence-corrected chi connectivity index (χ0v) is 12.5. The lowest BCUT2D eigenvalue weighted by atomic mass is 9.94. The largest absolute Gasteiger partial charge is 0.352 e. The maximum atomic E-state index is 11.8. The van der Waals surface area contributed by atoms with Crippen molar-refractivity contribution in [1.82, 2.24) is 10.2 Å². The molecule has 1 heterocycles. The zero-order chi connectivity index (χ0) is 14.4. The minimum Gasteiger partial charge on any atom is -0.352 e. The lowest BCUT2D eigenvalue weighted by Crippen LogP contribution is -2.35. The summed E-state index contributed by atoms with van der Waals surface area (Å²) in [4.78, 5) is 25.3. The second-order valence-corrected chi connectivity index (χ2v) is 6.16. The van der Waals surface area contributed by atoms with Crippen LogP contribution in [0.15, 0.2) is 11.6 Å². The van der Waals surface area contributed by atoms with Crippen LogP contribution in [0.2, 0.25) is 0 Å². The first-order valence-corrected chi connectivity index (χ1v) is 7.90. The Hall–Kier alpha value is -1.32. The van der Waals surface area contributed by atoms with Gasteiger partial charge in [0.1, 0.15) is 0 Å². The Balaban J connectivity index is 1.68. The molecule has 1 unspecified atom stereocenters. The van der Waals surface area contributed by atoms with Gasteiger partial charge in [-0.3, -0.25) is 9.59 Å². The van der Waals surface area contributed by atoms with Gasteiger partial charge in [0.05, 0.1) is 0 Å². The number of allylic oxidation sites excluding steroid dienone is 1. The molecule has 4 nitrogen and oxygen atoms in total. The Kier molecular flexibility index (Phi) is 5.62. The highest BCUT2D eigenvalue weighted by atomic mass is 16.2. The smallest absolute Gasteiger partial charge is 0.243 e. The minimum atomic E-state index is 0.0292. The molecule has 0 bridgehead atoms. The normalized spacial score (nSPS) is 20.9. The number of hydrogen-bond acceptors (Lipinski definition) is 2. The molecular weight excluding hydrogens is 252 g/mol. The molecule has 0 aromatic heterocycles. The van der Waals surface area contributed by atoms with Crippen LogP contribution in [0.1, 0.15) is 51.9 Å². The van der Waals surface area contributed by atoms with Gasteiger partial charge in [0.2, 0.25) is 11.8 Å². The molecule has 1 atom stereocenters. The molecule has 2 amide bonds. The van der Waals surface area contributed by atoms with Crippen molar-refractivity contribution in [3.63, 3.8) is 0 Å². The zero-order valence-electron chi connectivity index (χ0n) is 12.5. The average Bonchev–Trinajstić information content (AvgIpc) is 2.83. The van der Waals surface area contributed by atoms with Gasteiger partial charge < -0.3 is 10.2 Å². The Labute approximate surface area is 121 Å². The first kappa shape index (κ1) is 15.1. The van der Waals surface area contributed by atoms with E-state index in [1.165, 1.54) is 24.8 Å². The predicted octanol–water partition coefficient (Wildman–Crippen LogP) is 2.25. The molecule has 0 aromatic rings. The molecule has 0 radical (unpaired) electrons. The van der Waals surface area contributed by atoms with E-state index in [0.717, 1.165) is 32.4 Å². The molecule has 1 N–H and O–H groups in total. The van der Waals surface area contributed by atoms with Gasteiger partial charge in [-0.15, -0.1) is 0 Å². The summed E-state index contributed by atoms with van der Waals surface area (Å²) in [5, 5.41) is 2.97. The first-order valence-electron chi connectivity index (χ1n) is 7.90. The fraction of sp³-hybridized carbons (Fsp3) is 0.750. The molecule has 112 valence electrons. The van der Waals surface area contributed by atoms with Crippen LogP contribution in [0.5, 0.6) is 0 Å². The molecule has 20 heavy (non-hydrogen) atoms. The summed E-state index contributed by atoms with van der Waals surface area (Å²) in [6, 6.07) is 0. The van der Waals surface area contributed by atoms with Crippen molar-refractivity contribution in [2.75, 3.05) is 19.6 Å². The van der Waals surface area contributed by atoms with Crippen LogP contribution >= 0.6 is 0 Å². The number of hydrogen-bond donors (Lipinski definition) is 1. The summed E-state index contributed by atoms with van der Waals surface area (Å²) >= 11 is 0. The van der Waals surface area contributed by atoms with Gasteiger partial charge in [-0.1, -0.05) is 18.9 Å². The number of amides is 2. The molecule has 0 spiro atoms. The Morgan fingerprint density at radius 3 is 2.65 bits per heavy atom. The Morgan fingerprint density at radius 2 is 2.00 bits per heavy atom. The van der Waals surface area contributed by atoms with Gasteiger partial charge in [0.25, 0.3) is 0 Å². The Morgan fingerprint density at radius 1 is 1.25 bits per heavy atom. The standard InChI is InChI=1S/C16H26N2O2/c1-13(12-18-9-5-8-16(18)20)11-17-15(19)10-14-6-3-2-4-7-14/h10,13H,2-9,11-12H2,1H3,(H,17,19). The van der Waals surface area contributed by atoms with Gasteiger partial charge in [-0.25, -0.2) is 0 Å². The molecule has 0 aromatic carbocycles. The number of likely N-dealkylation sites (tertiary alicyclic amines) is 1. The first-order chi connectivity index (χ1) is 9.65. The van der Waals surface area contributed by atoms with Crippen molar-refractivity contribution < 1.29 is 9.59 Å². The van der Waals surface area contributed by atoms with E-state index in [-0.39, 0.29) is 11.8 Å². The summed E-state index contributed by atoms with van der Waals surface area (Å²) in [7, 11) is 0. The van der Waals surface area contributed by atoms with Crippen molar-refractivity contribution in [2.24, 2.45) is 5.92 Å². The van der Waals surface area contributed by atoms with Crippen molar-refractivity contribution in [1.29, 1.82) is 0 Å². The second-order valence-electron chi connectivity index (χ2n) is 6.16. The van der Waals surface area contributed by atoms with Crippen LogP contribution < -0.4 is 5.32 Å². The van der Waals surface area contributed by atoms with Gasteiger partial charge in [-0.05, 0) is 38.0 Å². The van der Waals surface area contributed by atoms with Crippen molar-refractivity contribution in [3.8, 4) is 0 Å². The van der Waals surface area contributed by atoms with Crippen molar-refractivity contribution in [2.45, 2.75) is 51.9 Å². The number of rotatable bonds is 5. The summed E-state index contributed by atoms with van der Waals surface area (Å²) < 4.78 is 0. The number of carbonyl (C=O) groups is 2. The van der Waals surface area contributed by atoms with Gasteiger partial charge in [0.15, 0.2) is 0 Å². The third kappa shape index (κ3) is 4.66. The van der Waals surface area contributed by atoms with E-state index < -0.39 is 0 Å². The van der Waals surface area contributed by atoms with E-state index in [9.17, 15) is 9.59 Å². The van der Waals surface area contributed by atoms with Crippen LogP contribution in [-0.2, 0) is 9.59 Å². The molecule has 1 saturated heterocycles. The van der Waals surface area contributed by atoms with E-state index in [1.54, 1.807) is 6.08 Å². The average molecular weight is 278 g/mol. The van der Waals surface area contributed by atoms with E-state index in [4.69, 9.17) is 0 Å². The van der Waals surface area contributed by atoms with E-state index in [0.29, 0.717) is 18.9 Å². The fourth-order valence-corrected chi connectivity index (χ4v) is 3.00. The molecule has 2 fully saturated rings. The Bertz CT molecular complexity index is 382. The van der Waals surface area contributed by atoms with E-state index in [1.807, 2.05) is 4.90 Å². The lowest BCUT2D eigenvalue weighted by Gasteiger charge is -2.21. The molecular formula is C16H26N2O2. The van der Waals surface area contributed by atoms with Crippen LogP contribution in [0, 0.1) is 5.92 Å². The van der Waals surface area contributed by atoms with Crippen LogP contribution in [0.3, 0.4) is 0 Å². The third-order valence-electron chi connectivity index (χ3n) is 4.16. The van der Waals surface area contributed by atoms with Gasteiger partial charge in [-0.2, -0.15) is 0 Å². The molecule has 1 saturated carbocycles. The van der Waals surface area contributed by atoms with Crippen LogP contribution in [0.4, 0.5) is 0 Å².